The maximum atomic E-state index is 2.75. The summed E-state index contributed by atoms with van der Waals surface area (Å²) >= 11 is 0. The Morgan fingerprint density at radius 3 is 1.85 bits per heavy atom. The molecule has 0 saturated heterocycles. The molecule has 0 aromatic heterocycles. The van der Waals surface area contributed by atoms with Gasteiger partial charge in [0.1, 0.15) is 0 Å². The molecule has 1 spiro atoms. The van der Waals surface area contributed by atoms with Crippen molar-refractivity contribution >= 4 is 22.5 Å². The molecule has 1 aliphatic heterocycles. The van der Waals surface area contributed by atoms with Crippen molar-refractivity contribution in [1.82, 2.24) is 0 Å². The van der Waals surface area contributed by atoms with Gasteiger partial charge in [0, 0.05) is 34.7 Å². The summed E-state index contributed by atoms with van der Waals surface area (Å²) in [7, 11) is 0. The Morgan fingerprint density at radius 1 is 0.500 bits per heavy atom. The topological polar surface area (TPSA) is 3.24 Å². The lowest BCUT2D eigenvalue weighted by atomic mass is 9.55. The number of benzene rings is 6. The van der Waals surface area contributed by atoms with Gasteiger partial charge in [-0.15, -0.1) is 0 Å². The largest absolute Gasteiger partial charge is 0.328 e. The van der Waals surface area contributed by atoms with E-state index in [4.69, 9.17) is 0 Å². The standard InChI is InChI=1S/C51H41N/c1-31-41(35-19-9-6-10-20-35)30-50(4)47-33(3)48-46(32(2)45(31)47)40-24-12-14-27-43(40)51(48)42-26-13-11-23-38(42)39-25-16-28-44(49(39)51)52(50)37-22-15-21-36(29-37)34-17-7-5-8-18-34/h5-33H,1-4H3. The number of hydrogen-bond acceptors (Lipinski definition) is 1. The van der Waals surface area contributed by atoms with Crippen LogP contribution in [0.4, 0.5) is 11.4 Å². The van der Waals surface area contributed by atoms with Gasteiger partial charge in [0.15, 0.2) is 0 Å². The Balaban J connectivity index is 1.33. The van der Waals surface area contributed by atoms with Gasteiger partial charge in [0.25, 0.3) is 0 Å². The lowest BCUT2D eigenvalue weighted by Gasteiger charge is -2.56. The first-order valence-corrected chi connectivity index (χ1v) is 19.0. The van der Waals surface area contributed by atoms with Crippen LogP contribution in [0.25, 0.3) is 33.4 Å². The van der Waals surface area contributed by atoms with Crippen molar-refractivity contribution in [3.63, 3.8) is 0 Å². The summed E-state index contributed by atoms with van der Waals surface area (Å²) in [5, 5.41) is 0. The van der Waals surface area contributed by atoms with Crippen LogP contribution in [0.15, 0.2) is 174 Å². The molecule has 5 aliphatic rings. The van der Waals surface area contributed by atoms with Gasteiger partial charge >= 0.3 is 0 Å². The number of allylic oxidation sites excluding steroid dienone is 4. The molecule has 0 radical (unpaired) electrons. The van der Waals surface area contributed by atoms with Crippen LogP contribution in [0.2, 0.25) is 0 Å². The zero-order chi connectivity index (χ0) is 34.9. The van der Waals surface area contributed by atoms with Gasteiger partial charge < -0.3 is 4.90 Å². The van der Waals surface area contributed by atoms with Crippen molar-refractivity contribution in [2.24, 2.45) is 17.8 Å². The SMILES string of the molecule is CC1C(c2ccccc2)=CC2(C)C3=C1C(C)C1=C(C3C)C3(c4ccccc41)c1ccccc1-c1cccc(c13)N2c1cccc(-c2ccccc2)c1. The molecule has 0 amide bonds. The van der Waals surface area contributed by atoms with Gasteiger partial charge in [-0.1, -0.05) is 166 Å². The average molecular weight is 668 g/mol. The third kappa shape index (κ3) is 3.54. The van der Waals surface area contributed by atoms with Crippen LogP contribution in [0.1, 0.15) is 55.5 Å². The van der Waals surface area contributed by atoms with Crippen molar-refractivity contribution in [3.8, 4) is 22.3 Å². The van der Waals surface area contributed by atoms with Crippen LogP contribution in [0.5, 0.6) is 0 Å². The molecule has 0 fully saturated rings. The third-order valence-electron chi connectivity index (χ3n) is 13.4. The Hall–Kier alpha value is -5.66. The van der Waals surface area contributed by atoms with Crippen LogP contribution in [-0.4, -0.2) is 5.54 Å². The normalized spacial score (nSPS) is 26.0. The molecule has 52 heavy (non-hydrogen) atoms. The zero-order valence-corrected chi connectivity index (χ0v) is 30.2. The van der Waals surface area contributed by atoms with Gasteiger partial charge in [-0.2, -0.15) is 0 Å². The van der Waals surface area contributed by atoms with E-state index < -0.39 is 5.54 Å². The van der Waals surface area contributed by atoms with Crippen molar-refractivity contribution in [1.29, 1.82) is 0 Å². The molecule has 1 nitrogen and oxygen atoms in total. The molecule has 2 bridgehead atoms. The Kier molecular flexibility index (Phi) is 6.03. The molecular weight excluding hydrogens is 627 g/mol. The monoisotopic (exact) mass is 667 g/mol. The van der Waals surface area contributed by atoms with Gasteiger partial charge in [0.2, 0.25) is 0 Å². The maximum absolute atomic E-state index is 2.75. The maximum Gasteiger partial charge on any atom is 0.0833 e. The van der Waals surface area contributed by atoms with Crippen molar-refractivity contribution in [2.75, 3.05) is 4.90 Å². The molecule has 250 valence electrons. The van der Waals surface area contributed by atoms with E-state index >= 15 is 0 Å². The van der Waals surface area contributed by atoms with Crippen molar-refractivity contribution in [3.05, 3.63) is 202 Å². The van der Waals surface area contributed by atoms with E-state index in [1.54, 1.807) is 22.3 Å². The fourth-order valence-corrected chi connectivity index (χ4v) is 11.7. The number of hydrogen-bond donors (Lipinski definition) is 0. The zero-order valence-electron chi connectivity index (χ0n) is 30.2. The summed E-state index contributed by atoms with van der Waals surface area (Å²) in [4.78, 5) is 2.75. The smallest absolute Gasteiger partial charge is 0.0833 e. The highest BCUT2D eigenvalue weighted by atomic mass is 15.2. The third-order valence-corrected chi connectivity index (χ3v) is 13.4. The second kappa shape index (κ2) is 10.5. The molecule has 1 heteroatoms. The predicted octanol–water partition coefficient (Wildman–Crippen LogP) is 12.7. The minimum Gasteiger partial charge on any atom is -0.328 e. The number of rotatable bonds is 3. The lowest BCUT2D eigenvalue weighted by Crippen LogP contribution is -2.53. The Morgan fingerprint density at radius 2 is 1.10 bits per heavy atom. The first-order valence-electron chi connectivity index (χ1n) is 19.0. The first-order chi connectivity index (χ1) is 25.4. The summed E-state index contributed by atoms with van der Waals surface area (Å²) in [6.45, 7) is 10.1. The molecule has 0 saturated carbocycles. The molecule has 5 atom stereocenters. The van der Waals surface area contributed by atoms with Gasteiger partial charge in [0.05, 0.1) is 11.0 Å². The molecule has 0 N–H and O–H groups in total. The van der Waals surface area contributed by atoms with Crippen LogP contribution >= 0.6 is 0 Å². The molecule has 1 heterocycles. The Labute approximate surface area is 307 Å². The first kappa shape index (κ1) is 30.0. The van der Waals surface area contributed by atoms with Crippen LogP contribution in [0, 0.1) is 17.8 Å². The summed E-state index contributed by atoms with van der Waals surface area (Å²) < 4.78 is 0. The van der Waals surface area contributed by atoms with E-state index in [1.165, 1.54) is 67.0 Å². The van der Waals surface area contributed by atoms with Crippen LogP contribution in [-0.2, 0) is 5.41 Å². The van der Waals surface area contributed by atoms with Gasteiger partial charge in [-0.25, -0.2) is 0 Å². The molecule has 5 unspecified atom stereocenters. The quantitative estimate of drug-likeness (QED) is 0.170. The van der Waals surface area contributed by atoms with E-state index in [0.29, 0.717) is 0 Å². The van der Waals surface area contributed by atoms with Crippen LogP contribution in [0.3, 0.4) is 0 Å². The Bertz CT molecular complexity index is 2590. The van der Waals surface area contributed by atoms with Crippen molar-refractivity contribution < 1.29 is 0 Å². The number of anilines is 2. The van der Waals surface area contributed by atoms with E-state index in [2.05, 4.69) is 190 Å². The van der Waals surface area contributed by atoms with Gasteiger partial charge in [-0.05, 0) is 91.9 Å². The highest BCUT2D eigenvalue weighted by Crippen LogP contribution is 2.72. The van der Waals surface area contributed by atoms with E-state index in [1.807, 2.05) is 0 Å². The highest BCUT2D eigenvalue weighted by molar-refractivity contribution is 6.02. The van der Waals surface area contributed by atoms with Crippen molar-refractivity contribution in [2.45, 2.75) is 38.6 Å². The molecule has 11 rings (SSSR count). The number of nitrogens with zero attached hydrogens (tertiary/aromatic N) is 1. The van der Waals surface area contributed by atoms with Gasteiger partial charge in [-0.3, -0.25) is 0 Å². The molecule has 6 aromatic carbocycles. The summed E-state index contributed by atoms with van der Waals surface area (Å²) in [6.07, 6.45) is 2.66. The second-order valence-electron chi connectivity index (χ2n) is 15.8. The van der Waals surface area contributed by atoms with E-state index in [0.717, 1.165) is 0 Å². The van der Waals surface area contributed by atoms with E-state index in [9.17, 15) is 0 Å². The number of fused-ring (bicyclic) bond motifs is 4. The summed E-state index contributed by atoms with van der Waals surface area (Å²) in [5.41, 5.74) is 21.7. The minimum absolute atomic E-state index is 0.224. The molecule has 6 aromatic rings. The predicted molar refractivity (Wildman–Crippen MR) is 216 cm³/mol. The fraction of sp³-hybridized carbons (Fsp3) is 0.176. The second-order valence-corrected chi connectivity index (χ2v) is 15.8. The summed E-state index contributed by atoms with van der Waals surface area (Å²) in [6, 6.07) is 57.2. The van der Waals surface area contributed by atoms with E-state index in [-0.39, 0.29) is 23.2 Å². The minimum atomic E-state index is -0.445. The van der Waals surface area contributed by atoms with Crippen LogP contribution < -0.4 is 4.90 Å². The molecular formula is C51H41N. The highest BCUT2D eigenvalue weighted by Gasteiger charge is 2.62. The fourth-order valence-electron chi connectivity index (χ4n) is 11.7. The summed E-state index contributed by atoms with van der Waals surface area (Å²) in [5.74, 6) is 0.767. The molecule has 4 aliphatic carbocycles. The average Bonchev–Trinajstić information content (AvgIpc) is 3.66. The lowest BCUT2D eigenvalue weighted by molar-refractivity contribution is 0.483.